The Bertz CT molecular complexity index is 432. The second-order valence-electron chi connectivity index (χ2n) is 4.67. The van der Waals surface area contributed by atoms with Crippen LogP contribution in [0.3, 0.4) is 0 Å². The summed E-state index contributed by atoms with van der Waals surface area (Å²) in [6, 6.07) is 3.60. The maximum absolute atomic E-state index is 12.5. The Morgan fingerprint density at radius 2 is 1.83 bits per heavy atom. The van der Waals surface area contributed by atoms with Crippen LogP contribution in [0.25, 0.3) is 0 Å². The van der Waals surface area contributed by atoms with E-state index in [0.717, 1.165) is 12.1 Å². The van der Waals surface area contributed by atoms with E-state index in [1.807, 2.05) is 18.7 Å². The van der Waals surface area contributed by atoms with Gasteiger partial charge in [0.15, 0.2) is 0 Å². The van der Waals surface area contributed by atoms with Gasteiger partial charge in [-0.3, -0.25) is 0 Å². The molecule has 0 aliphatic rings. The van der Waals surface area contributed by atoms with Gasteiger partial charge in [-0.1, -0.05) is 0 Å². The van der Waals surface area contributed by atoms with Crippen LogP contribution in [0.2, 0.25) is 0 Å². The zero-order valence-corrected chi connectivity index (χ0v) is 12.6. The van der Waals surface area contributed by atoms with Crippen LogP contribution in [0.5, 0.6) is 0 Å². The van der Waals surface area contributed by atoms with Gasteiger partial charge in [-0.2, -0.15) is 13.2 Å². The summed E-state index contributed by atoms with van der Waals surface area (Å²) < 4.78 is 38.0. The molecular weight excluding hydrogens is 330 g/mol. The molecule has 0 spiro atoms. The van der Waals surface area contributed by atoms with Crippen LogP contribution in [0.15, 0.2) is 22.7 Å². The second-order valence-corrected chi connectivity index (χ2v) is 5.79. The summed E-state index contributed by atoms with van der Waals surface area (Å²) in [5.41, 5.74) is -0.340. The number of nitrogens with zero attached hydrogens (tertiary/aromatic N) is 1. The van der Waals surface area contributed by atoms with Gasteiger partial charge < -0.3 is 4.90 Å². The van der Waals surface area contributed by atoms with E-state index in [9.17, 15) is 13.2 Å². The number of alkyl halides is 4. The smallest absolute Gasteiger partial charge is 0.367 e. The standard InChI is InChI=1S/C12H14BrClF3N/c1-11(2,7-14)18(3)10-5-4-8(6-9(10)13)12(15,16)17/h4-6H,7H2,1-3H3. The van der Waals surface area contributed by atoms with Crippen LogP contribution >= 0.6 is 27.5 Å². The minimum Gasteiger partial charge on any atom is -0.367 e. The van der Waals surface area contributed by atoms with E-state index in [4.69, 9.17) is 11.6 Å². The lowest BCUT2D eigenvalue weighted by molar-refractivity contribution is -0.137. The van der Waals surface area contributed by atoms with E-state index < -0.39 is 11.7 Å². The van der Waals surface area contributed by atoms with Crippen molar-refractivity contribution in [2.75, 3.05) is 17.8 Å². The molecule has 0 aliphatic carbocycles. The predicted molar refractivity (Wildman–Crippen MR) is 72.3 cm³/mol. The van der Waals surface area contributed by atoms with Crippen molar-refractivity contribution in [3.05, 3.63) is 28.2 Å². The first kappa shape index (κ1) is 15.6. The van der Waals surface area contributed by atoms with Crippen molar-refractivity contribution in [1.82, 2.24) is 0 Å². The van der Waals surface area contributed by atoms with Gasteiger partial charge in [0.1, 0.15) is 0 Å². The second kappa shape index (κ2) is 5.29. The first-order valence-corrected chi connectivity index (χ1v) is 6.59. The Morgan fingerprint density at radius 1 is 1.28 bits per heavy atom. The molecule has 6 heteroatoms. The number of benzene rings is 1. The molecule has 0 aliphatic heterocycles. The highest BCUT2D eigenvalue weighted by Gasteiger charge is 2.32. The van der Waals surface area contributed by atoms with Crippen molar-refractivity contribution >= 4 is 33.2 Å². The van der Waals surface area contributed by atoms with Gasteiger partial charge >= 0.3 is 6.18 Å². The van der Waals surface area contributed by atoms with Gasteiger partial charge in [0, 0.05) is 22.9 Å². The lowest BCUT2D eigenvalue weighted by Crippen LogP contribution is -2.43. The van der Waals surface area contributed by atoms with Crippen LogP contribution in [0, 0.1) is 0 Å². The molecule has 0 unspecified atom stereocenters. The fourth-order valence-corrected chi connectivity index (χ4v) is 2.20. The van der Waals surface area contributed by atoms with Crippen molar-refractivity contribution in [2.45, 2.75) is 25.6 Å². The highest BCUT2D eigenvalue weighted by Crippen LogP contribution is 2.36. The Balaban J connectivity index is 3.14. The van der Waals surface area contributed by atoms with Crippen molar-refractivity contribution in [1.29, 1.82) is 0 Å². The molecular formula is C12H14BrClF3N. The average molecular weight is 345 g/mol. The van der Waals surface area contributed by atoms with E-state index in [1.165, 1.54) is 6.07 Å². The van der Waals surface area contributed by atoms with Gasteiger partial charge in [0.2, 0.25) is 0 Å². The highest BCUT2D eigenvalue weighted by molar-refractivity contribution is 9.10. The van der Waals surface area contributed by atoms with E-state index in [0.29, 0.717) is 16.0 Å². The maximum Gasteiger partial charge on any atom is 0.416 e. The van der Waals surface area contributed by atoms with Gasteiger partial charge in [0.25, 0.3) is 0 Å². The van der Waals surface area contributed by atoms with E-state index in [2.05, 4.69) is 15.9 Å². The molecule has 102 valence electrons. The number of halogens is 5. The molecule has 1 nitrogen and oxygen atoms in total. The number of rotatable bonds is 3. The zero-order chi connectivity index (χ0) is 14.1. The Kier molecular flexibility index (Phi) is 4.60. The molecule has 1 rings (SSSR count). The van der Waals surface area contributed by atoms with E-state index in [1.54, 1.807) is 7.05 Å². The van der Waals surface area contributed by atoms with Crippen molar-refractivity contribution in [3.8, 4) is 0 Å². The maximum atomic E-state index is 12.5. The Hall–Kier alpha value is -0.420. The van der Waals surface area contributed by atoms with Crippen molar-refractivity contribution < 1.29 is 13.2 Å². The third-order valence-corrected chi connectivity index (χ3v) is 4.16. The molecule has 0 saturated carbocycles. The molecule has 1 aromatic rings. The SMILES string of the molecule is CN(c1ccc(C(F)(F)F)cc1Br)C(C)(C)CCl. The molecule has 18 heavy (non-hydrogen) atoms. The summed E-state index contributed by atoms with van der Waals surface area (Å²) in [5, 5.41) is 0. The molecule has 0 heterocycles. The lowest BCUT2D eigenvalue weighted by atomic mass is 10.0. The minimum absolute atomic E-state index is 0.343. The van der Waals surface area contributed by atoms with Crippen LogP contribution in [-0.2, 0) is 6.18 Å². The summed E-state index contributed by atoms with van der Waals surface area (Å²) in [6.07, 6.45) is -4.33. The van der Waals surface area contributed by atoms with Gasteiger partial charge in [-0.15, -0.1) is 11.6 Å². The first-order chi connectivity index (χ1) is 8.09. The Morgan fingerprint density at radius 3 is 2.22 bits per heavy atom. The van der Waals surface area contributed by atoms with E-state index in [-0.39, 0.29) is 5.54 Å². The highest BCUT2D eigenvalue weighted by atomic mass is 79.9. The third-order valence-electron chi connectivity index (χ3n) is 2.87. The Labute approximate surface area is 118 Å². The molecule has 0 N–H and O–H groups in total. The summed E-state index contributed by atoms with van der Waals surface area (Å²) in [7, 11) is 1.80. The molecule has 0 aromatic heterocycles. The van der Waals surface area contributed by atoms with Crippen molar-refractivity contribution in [3.63, 3.8) is 0 Å². The molecule has 0 amide bonds. The van der Waals surface area contributed by atoms with Crippen molar-refractivity contribution in [2.24, 2.45) is 0 Å². The fraction of sp³-hybridized carbons (Fsp3) is 0.500. The monoisotopic (exact) mass is 343 g/mol. The van der Waals surface area contributed by atoms with E-state index >= 15 is 0 Å². The summed E-state index contributed by atoms with van der Waals surface area (Å²) >= 11 is 9.03. The van der Waals surface area contributed by atoms with Crippen LogP contribution in [-0.4, -0.2) is 18.5 Å². The number of anilines is 1. The molecule has 0 bridgehead atoms. The third kappa shape index (κ3) is 3.32. The largest absolute Gasteiger partial charge is 0.416 e. The fourth-order valence-electron chi connectivity index (χ4n) is 1.37. The van der Waals surface area contributed by atoms with Crippen LogP contribution in [0.1, 0.15) is 19.4 Å². The molecule has 0 saturated heterocycles. The summed E-state index contributed by atoms with van der Waals surface area (Å²) in [4.78, 5) is 1.85. The lowest BCUT2D eigenvalue weighted by Gasteiger charge is -2.36. The van der Waals surface area contributed by atoms with Crippen LogP contribution in [0.4, 0.5) is 18.9 Å². The predicted octanol–water partition coefficient (Wildman–Crippen LogP) is 4.92. The molecule has 0 fully saturated rings. The normalized spacial score (nSPS) is 12.7. The zero-order valence-electron chi connectivity index (χ0n) is 10.3. The molecule has 1 aromatic carbocycles. The topological polar surface area (TPSA) is 3.24 Å². The average Bonchev–Trinajstić information content (AvgIpc) is 2.26. The number of hydrogen-bond donors (Lipinski definition) is 0. The molecule has 0 atom stereocenters. The quantitative estimate of drug-likeness (QED) is 0.703. The number of hydrogen-bond acceptors (Lipinski definition) is 1. The first-order valence-electron chi connectivity index (χ1n) is 5.26. The van der Waals surface area contributed by atoms with Gasteiger partial charge in [-0.05, 0) is 48.0 Å². The van der Waals surface area contributed by atoms with Crippen LogP contribution < -0.4 is 4.90 Å². The van der Waals surface area contributed by atoms with Gasteiger partial charge in [0.05, 0.1) is 11.3 Å². The molecule has 0 radical (unpaired) electrons. The minimum atomic E-state index is -4.33. The summed E-state index contributed by atoms with van der Waals surface area (Å²) in [5.74, 6) is 0.372. The summed E-state index contributed by atoms with van der Waals surface area (Å²) in [6.45, 7) is 3.84. The van der Waals surface area contributed by atoms with Gasteiger partial charge in [-0.25, -0.2) is 0 Å².